The average Bonchev–Trinajstić information content (AvgIpc) is 2.74. The summed E-state index contributed by atoms with van der Waals surface area (Å²) in [6, 6.07) is 16.1. The van der Waals surface area contributed by atoms with Crippen LogP contribution in [0.1, 0.15) is 54.2 Å². The van der Waals surface area contributed by atoms with Gasteiger partial charge in [-0.15, -0.1) is 0 Å². The van der Waals surface area contributed by atoms with Gasteiger partial charge in [-0.2, -0.15) is 0 Å². The van der Waals surface area contributed by atoms with Crippen LogP contribution in [0.3, 0.4) is 0 Å². The summed E-state index contributed by atoms with van der Waals surface area (Å²) in [6.45, 7) is 5.73. The topological polar surface area (TPSA) is 53.9 Å². The van der Waals surface area contributed by atoms with Gasteiger partial charge in [0.2, 0.25) is 0 Å². The second-order valence-electron chi connectivity index (χ2n) is 7.77. The van der Waals surface area contributed by atoms with Gasteiger partial charge in [-0.1, -0.05) is 24.3 Å². The van der Waals surface area contributed by atoms with Crippen molar-refractivity contribution in [1.82, 2.24) is 4.90 Å². The van der Waals surface area contributed by atoms with E-state index >= 15 is 0 Å². The lowest BCUT2D eigenvalue weighted by Crippen LogP contribution is -3.10. The maximum atomic E-state index is 12.6. The van der Waals surface area contributed by atoms with Crippen LogP contribution in [0.25, 0.3) is 0 Å². The number of quaternary nitrogens is 1. The Morgan fingerprint density at radius 3 is 2.45 bits per heavy atom. The zero-order valence-corrected chi connectivity index (χ0v) is 17.7. The van der Waals surface area contributed by atoms with E-state index in [4.69, 9.17) is 0 Å². The van der Waals surface area contributed by atoms with E-state index in [-0.39, 0.29) is 11.8 Å². The molecule has 3 rings (SSSR count). The van der Waals surface area contributed by atoms with Crippen LogP contribution < -0.4 is 10.2 Å². The Hall–Kier alpha value is -2.66. The fourth-order valence-corrected chi connectivity index (χ4v) is 4.24. The van der Waals surface area contributed by atoms with E-state index in [0.717, 1.165) is 18.5 Å². The quantitative estimate of drug-likeness (QED) is 0.759. The fourth-order valence-electron chi connectivity index (χ4n) is 4.24. The van der Waals surface area contributed by atoms with Crippen molar-refractivity contribution < 1.29 is 14.5 Å². The van der Waals surface area contributed by atoms with Crippen LogP contribution in [-0.2, 0) is 11.2 Å². The van der Waals surface area contributed by atoms with E-state index < -0.39 is 0 Å². The number of carbonyl (C=O) groups is 2. The summed E-state index contributed by atoms with van der Waals surface area (Å²) in [6.07, 6.45) is 3.41. The number of anilines is 1. The molecule has 1 aliphatic rings. The second-order valence-corrected chi connectivity index (χ2v) is 7.77. The molecule has 1 unspecified atom stereocenters. The molecule has 0 bridgehead atoms. The molecule has 2 aromatic rings. The molecule has 2 amide bonds. The number of amides is 2. The predicted molar refractivity (Wildman–Crippen MR) is 116 cm³/mol. The number of hydrogen-bond acceptors (Lipinski definition) is 2. The monoisotopic (exact) mass is 394 g/mol. The van der Waals surface area contributed by atoms with Gasteiger partial charge in [0.25, 0.3) is 11.8 Å². The fraction of sp³-hybridized carbons (Fsp3) is 0.417. The van der Waals surface area contributed by atoms with Crippen molar-refractivity contribution in [1.29, 1.82) is 0 Å². The SMILES string of the molecule is CCN(CC)C(=O)c1ccc(NC(=O)C[NH+](C)[C@@H]2CCCc3ccccc32)cc1. The highest BCUT2D eigenvalue weighted by atomic mass is 16.2. The van der Waals surface area contributed by atoms with Gasteiger partial charge < -0.3 is 15.1 Å². The Balaban J connectivity index is 1.59. The van der Waals surface area contributed by atoms with Crippen LogP contribution in [0.15, 0.2) is 48.5 Å². The molecule has 0 radical (unpaired) electrons. The summed E-state index contributed by atoms with van der Waals surface area (Å²) >= 11 is 0. The van der Waals surface area contributed by atoms with Crippen LogP contribution >= 0.6 is 0 Å². The Bertz CT molecular complexity index is 843. The van der Waals surface area contributed by atoms with Crippen LogP contribution in [0.4, 0.5) is 5.69 Å². The summed E-state index contributed by atoms with van der Waals surface area (Å²) in [5, 5.41) is 2.97. The minimum atomic E-state index is -0.00614. The molecule has 2 atom stereocenters. The lowest BCUT2D eigenvalue weighted by Gasteiger charge is -2.30. The molecule has 0 spiro atoms. The maximum Gasteiger partial charge on any atom is 0.279 e. The zero-order valence-electron chi connectivity index (χ0n) is 17.7. The third-order valence-electron chi connectivity index (χ3n) is 5.87. The van der Waals surface area contributed by atoms with Crippen molar-refractivity contribution in [2.24, 2.45) is 0 Å². The number of carbonyl (C=O) groups excluding carboxylic acids is 2. The van der Waals surface area contributed by atoms with Gasteiger partial charge in [-0.25, -0.2) is 0 Å². The van der Waals surface area contributed by atoms with Crippen LogP contribution in [0, 0.1) is 0 Å². The van der Waals surface area contributed by atoms with Crippen molar-refractivity contribution in [3.8, 4) is 0 Å². The summed E-state index contributed by atoms with van der Waals surface area (Å²) in [4.78, 5) is 28.0. The Morgan fingerprint density at radius 2 is 1.76 bits per heavy atom. The van der Waals surface area contributed by atoms with Gasteiger partial charge in [0.15, 0.2) is 6.54 Å². The second kappa shape index (κ2) is 9.70. The molecule has 2 aromatic carbocycles. The third kappa shape index (κ3) is 5.04. The number of nitrogens with zero attached hydrogens (tertiary/aromatic N) is 1. The maximum absolute atomic E-state index is 12.6. The van der Waals surface area contributed by atoms with Gasteiger partial charge in [-0.05, 0) is 56.5 Å². The van der Waals surface area contributed by atoms with Crippen LogP contribution in [-0.4, -0.2) is 43.4 Å². The molecule has 29 heavy (non-hydrogen) atoms. The van der Waals surface area contributed by atoms with Crippen molar-refractivity contribution in [2.75, 3.05) is 32.0 Å². The molecule has 5 nitrogen and oxygen atoms in total. The third-order valence-corrected chi connectivity index (χ3v) is 5.87. The molecule has 0 saturated heterocycles. The van der Waals surface area contributed by atoms with E-state index in [2.05, 4.69) is 36.6 Å². The van der Waals surface area contributed by atoms with E-state index in [1.165, 1.54) is 22.4 Å². The molecular formula is C24H32N3O2+. The minimum absolute atomic E-state index is 0.00614. The first-order chi connectivity index (χ1) is 14.0. The van der Waals surface area contributed by atoms with E-state index in [0.29, 0.717) is 31.2 Å². The van der Waals surface area contributed by atoms with Crippen molar-refractivity contribution >= 4 is 17.5 Å². The Morgan fingerprint density at radius 1 is 1.07 bits per heavy atom. The molecule has 2 N–H and O–H groups in total. The first kappa shape index (κ1) is 21.1. The number of hydrogen-bond donors (Lipinski definition) is 2. The molecule has 0 heterocycles. The van der Waals surface area contributed by atoms with Gasteiger partial charge in [0, 0.05) is 36.3 Å². The van der Waals surface area contributed by atoms with Crippen LogP contribution in [0.5, 0.6) is 0 Å². The number of benzene rings is 2. The number of fused-ring (bicyclic) bond motifs is 1. The molecular weight excluding hydrogens is 362 g/mol. The van der Waals surface area contributed by atoms with Crippen molar-refractivity contribution in [2.45, 2.75) is 39.2 Å². The molecule has 0 aliphatic heterocycles. The Kier molecular flexibility index (Phi) is 7.04. The van der Waals surface area contributed by atoms with Gasteiger partial charge in [0.1, 0.15) is 6.04 Å². The lowest BCUT2D eigenvalue weighted by molar-refractivity contribution is -0.905. The molecule has 154 valence electrons. The first-order valence-corrected chi connectivity index (χ1v) is 10.6. The van der Waals surface area contributed by atoms with Gasteiger partial charge >= 0.3 is 0 Å². The lowest BCUT2D eigenvalue weighted by atomic mass is 9.87. The molecule has 0 saturated carbocycles. The number of rotatable bonds is 7. The van der Waals surface area contributed by atoms with Crippen molar-refractivity contribution in [3.05, 3.63) is 65.2 Å². The number of likely N-dealkylation sites (N-methyl/N-ethyl adjacent to an activating group) is 1. The van der Waals surface area contributed by atoms with Crippen molar-refractivity contribution in [3.63, 3.8) is 0 Å². The molecule has 0 fully saturated rings. The number of nitrogens with one attached hydrogen (secondary N) is 2. The highest BCUT2D eigenvalue weighted by molar-refractivity contribution is 5.96. The summed E-state index contributed by atoms with van der Waals surface area (Å²) in [5.41, 5.74) is 4.16. The standard InChI is InChI=1S/C24H31N3O2/c1-4-27(5-2)24(29)19-13-15-20(16-14-19)25-23(28)17-26(3)22-12-8-10-18-9-6-7-11-21(18)22/h6-7,9,11,13-16,22H,4-5,8,10,12,17H2,1-3H3,(H,25,28)/p+1/t22-/m1/s1. The predicted octanol–water partition coefficient (Wildman–Crippen LogP) is 2.70. The van der Waals surface area contributed by atoms with E-state index in [1.54, 1.807) is 29.2 Å². The summed E-state index contributed by atoms with van der Waals surface area (Å²) in [5.74, 6) is 0.0152. The molecule has 1 aliphatic carbocycles. The summed E-state index contributed by atoms with van der Waals surface area (Å²) in [7, 11) is 2.10. The average molecular weight is 395 g/mol. The van der Waals surface area contributed by atoms with E-state index in [9.17, 15) is 9.59 Å². The minimum Gasteiger partial charge on any atom is -0.339 e. The highest BCUT2D eigenvalue weighted by Crippen LogP contribution is 2.27. The zero-order chi connectivity index (χ0) is 20.8. The van der Waals surface area contributed by atoms with Gasteiger partial charge in [0.05, 0.1) is 7.05 Å². The van der Waals surface area contributed by atoms with Crippen LogP contribution in [0.2, 0.25) is 0 Å². The highest BCUT2D eigenvalue weighted by Gasteiger charge is 2.27. The smallest absolute Gasteiger partial charge is 0.279 e. The largest absolute Gasteiger partial charge is 0.339 e. The first-order valence-electron chi connectivity index (χ1n) is 10.6. The molecule has 0 aromatic heterocycles. The van der Waals surface area contributed by atoms with Gasteiger partial charge in [-0.3, -0.25) is 9.59 Å². The summed E-state index contributed by atoms with van der Waals surface area (Å²) < 4.78 is 0. The molecule has 5 heteroatoms. The van der Waals surface area contributed by atoms with E-state index in [1.807, 2.05) is 13.8 Å². The number of aryl methyl sites for hydroxylation is 1. The normalized spacial score (nSPS) is 16.6. The Labute approximate surface area is 173 Å².